The van der Waals surface area contributed by atoms with Crippen molar-refractivity contribution < 1.29 is 4.79 Å². The van der Waals surface area contributed by atoms with Crippen LogP contribution in [0.1, 0.15) is 19.8 Å². The van der Waals surface area contributed by atoms with Gasteiger partial charge in [0, 0.05) is 12.6 Å². The Labute approximate surface area is 83.9 Å². The lowest BCUT2D eigenvalue weighted by molar-refractivity contribution is -0.124. The zero-order valence-corrected chi connectivity index (χ0v) is 8.36. The molecule has 4 heteroatoms. The van der Waals surface area contributed by atoms with Crippen LogP contribution < -0.4 is 5.32 Å². The van der Waals surface area contributed by atoms with Crippen molar-refractivity contribution in [1.82, 2.24) is 10.2 Å². The van der Waals surface area contributed by atoms with Crippen molar-refractivity contribution in [2.75, 3.05) is 13.1 Å². The van der Waals surface area contributed by atoms with E-state index in [0.29, 0.717) is 0 Å². The fourth-order valence-corrected chi connectivity index (χ4v) is 2.54. The van der Waals surface area contributed by atoms with E-state index in [0.717, 1.165) is 25.9 Å². The smallest absolute Gasteiger partial charge is 0.224 e. The van der Waals surface area contributed by atoms with E-state index in [9.17, 15) is 4.79 Å². The minimum Gasteiger partial charge on any atom is -0.354 e. The van der Waals surface area contributed by atoms with Gasteiger partial charge in [-0.05, 0) is 26.3 Å². The predicted molar refractivity (Wildman–Crippen MR) is 51.3 cm³/mol. The number of amides is 1. The summed E-state index contributed by atoms with van der Waals surface area (Å²) in [6, 6.07) is 2.43. The molecule has 2 rings (SSSR count). The topological polar surface area (TPSA) is 56.1 Å². The first kappa shape index (κ1) is 9.47. The number of nitrogens with zero attached hydrogens (tertiary/aromatic N) is 2. The number of nitriles is 1. The molecule has 14 heavy (non-hydrogen) atoms. The van der Waals surface area contributed by atoms with Gasteiger partial charge in [0.1, 0.15) is 0 Å². The normalized spacial score (nSPS) is 34.4. The van der Waals surface area contributed by atoms with Crippen molar-refractivity contribution in [3.63, 3.8) is 0 Å². The summed E-state index contributed by atoms with van der Waals surface area (Å²) in [6.45, 7) is 3.57. The Morgan fingerprint density at radius 1 is 1.71 bits per heavy atom. The second-order valence-electron chi connectivity index (χ2n) is 4.10. The summed E-state index contributed by atoms with van der Waals surface area (Å²) in [6.07, 6.45) is 2.01. The van der Waals surface area contributed by atoms with E-state index in [1.54, 1.807) is 0 Å². The summed E-state index contributed by atoms with van der Waals surface area (Å²) in [5.74, 6) is 0.296. The molecule has 0 aromatic carbocycles. The number of nitrogens with one attached hydrogen (secondary N) is 1. The van der Waals surface area contributed by atoms with E-state index in [1.807, 2.05) is 6.92 Å². The Hall–Kier alpha value is -1.08. The molecule has 2 saturated heterocycles. The summed E-state index contributed by atoms with van der Waals surface area (Å²) in [4.78, 5) is 13.6. The first-order chi connectivity index (χ1) is 6.74. The Morgan fingerprint density at radius 2 is 2.50 bits per heavy atom. The fraction of sp³-hybridized carbons (Fsp3) is 0.800. The van der Waals surface area contributed by atoms with Crippen LogP contribution in [0.5, 0.6) is 0 Å². The van der Waals surface area contributed by atoms with Crippen molar-refractivity contribution in [3.8, 4) is 6.07 Å². The molecule has 3 atom stereocenters. The summed E-state index contributed by atoms with van der Waals surface area (Å²) < 4.78 is 0. The number of hydrogen-bond acceptors (Lipinski definition) is 3. The highest BCUT2D eigenvalue weighted by Gasteiger charge is 2.42. The molecule has 4 nitrogen and oxygen atoms in total. The van der Waals surface area contributed by atoms with E-state index in [1.165, 1.54) is 0 Å². The number of carbonyl (C=O) groups is 1. The largest absolute Gasteiger partial charge is 0.354 e. The highest BCUT2D eigenvalue weighted by molar-refractivity contribution is 5.82. The summed E-state index contributed by atoms with van der Waals surface area (Å²) in [5.41, 5.74) is 0. The maximum atomic E-state index is 11.4. The van der Waals surface area contributed by atoms with Gasteiger partial charge in [-0.3, -0.25) is 9.69 Å². The molecule has 0 spiro atoms. The maximum absolute atomic E-state index is 11.4. The lowest BCUT2D eigenvalue weighted by Crippen LogP contribution is -2.49. The second kappa shape index (κ2) is 3.58. The molecule has 2 heterocycles. The van der Waals surface area contributed by atoms with Crippen LogP contribution >= 0.6 is 0 Å². The lowest BCUT2D eigenvalue weighted by Gasteiger charge is -2.37. The Balaban J connectivity index is 2.13. The van der Waals surface area contributed by atoms with Crippen LogP contribution in [0, 0.1) is 17.2 Å². The van der Waals surface area contributed by atoms with Crippen molar-refractivity contribution >= 4 is 5.91 Å². The molecule has 0 aromatic rings. The van der Waals surface area contributed by atoms with Gasteiger partial charge in [0.05, 0.1) is 18.0 Å². The Morgan fingerprint density at radius 3 is 3.21 bits per heavy atom. The molecular weight excluding hydrogens is 178 g/mol. The third-order valence-electron chi connectivity index (χ3n) is 3.33. The quantitative estimate of drug-likeness (QED) is 0.643. The van der Waals surface area contributed by atoms with Crippen molar-refractivity contribution in [1.29, 1.82) is 5.26 Å². The summed E-state index contributed by atoms with van der Waals surface area (Å²) >= 11 is 0. The van der Waals surface area contributed by atoms with E-state index >= 15 is 0 Å². The molecule has 0 aromatic heterocycles. The monoisotopic (exact) mass is 193 g/mol. The molecule has 1 N–H and O–H groups in total. The zero-order chi connectivity index (χ0) is 10.1. The van der Waals surface area contributed by atoms with Crippen LogP contribution in [0.4, 0.5) is 0 Å². The third kappa shape index (κ3) is 1.38. The van der Waals surface area contributed by atoms with Crippen molar-refractivity contribution in [2.45, 2.75) is 31.8 Å². The highest BCUT2D eigenvalue weighted by Crippen LogP contribution is 2.28. The molecule has 0 bridgehead atoms. The average Bonchev–Trinajstić information content (AvgIpc) is 2.59. The minimum absolute atomic E-state index is 0.0736. The molecular formula is C10H15N3O. The predicted octanol–water partition coefficient (Wildman–Crippen LogP) is 0.109. The van der Waals surface area contributed by atoms with Gasteiger partial charge in [-0.15, -0.1) is 0 Å². The van der Waals surface area contributed by atoms with Gasteiger partial charge in [-0.1, -0.05) is 0 Å². The standard InChI is InChI=1S/C10H15N3O/c1-7(5-11)13-4-2-3-8-9(13)6-12-10(8)14/h7-9H,2-4,6H2,1H3,(H,12,14). The molecule has 0 radical (unpaired) electrons. The van der Waals surface area contributed by atoms with E-state index in [-0.39, 0.29) is 23.9 Å². The average molecular weight is 193 g/mol. The third-order valence-corrected chi connectivity index (χ3v) is 3.33. The Kier molecular flexibility index (Phi) is 2.42. The molecule has 2 aliphatic rings. The Bertz CT molecular complexity index is 284. The van der Waals surface area contributed by atoms with E-state index in [4.69, 9.17) is 5.26 Å². The highest BCUT2D eigenvalue weighted by atomic mass is 16.2. The molecule has 2 aliphatic heterocycles. The van der Waals surface area contributed by atoms with Crippen LogP contribution in [0.15, 0.2) is 0 Å². The number of rotatable bonds is 1. The fourth-order valence-electron chi connectivity index (χ4n) is 2.54. The molecule has 76 valence electrons. The van der Waals surface area contributed by atoms with Crippen LogP contribution in [0.3, 0.4) is 0 Å². The number of piperidine rings is 1. The van der Waals surface area contributed by atoms with Crippen LogP contribution in [-0.2, 0) is 4.79 Å². The molecule has 0 aliphatic carbocycles. The van der Waals surface area contributed by atoms with Gasteiger partial charge in [0.2, 0.25) is 5.91 Å². The second-order valence-corrected chi connectivity index (χ2v) is 4.10. The van der Waals surface area contributed by atoms with Crippen molar-refractivity contribution in [2.24, 2.45) is 5.92 Å². The van der Waals surface area contributed by atoms with E-state index < -0.39 is 0 Å². The molecule has 2 fully saturated rings. The first-order valence-electron chi connectivity index (χ1n) is 5.17. The van der Waals surface area contributed by atoms with Gasteiger partial charge < -0.3 is 5.32 Å². The van der Waals surface area contributed by atoms with Gasteiger partial charge in [-0.2, -0.15) is 5.26 Å². The van der Waals surface area contributed by atoms with Crippen LogP contribution in [0.25, 0.3) is 0 Å². The van der Waals surface area contributed by atoms with Gasteiger partial charge in [0.15, 0.2) is 0 Å². The number of hydrogen-bond donors (Lipinski definition) is 1. The van der Waals surface area contributed by atoms with Gasteiger partial charge in [0.25, 0.3) is 0 Å². The molecule has 3 unspecified atom stereocenters. The molecule has 1 amide bonds. The number of fused-ring (bicyclic) bond motifs is 1. The molecule has 0 saturated carbocycles. The number of carbonyl (C=O) groups excluding carboxylic acids is 1. The SMILES string of the molecule is CC(C#N)N1CCCC2C(=O)NCC21. The zero-order valence-electron chi connectivity index (χ0n) is 8.36. The van der Waals surface area contributed by atoms with Gasteiger partial charge in [-0.25, -0.2) is 0 Å². The van der Waals surface area contributed by atoms with Crippen molar-refractivity contribution in [3.05, 3.63) is 0 Å². The van der Waals surface area contributed by atoms with Crippen LogP contribution in [-0.4, -0.2) is 36.0 Å². The maximum Gasteiger partial charge on any atom is 0.224 e. The van der Waals surface area contributed by atoms with Crippen LogP contribution in [0.2, 0.25) is 0 Å². The lowest BCUT2D eigenvalue weighted by atomic mass is 9.90. The summed E-state index contributed by atoms with van der Waals surface area (Å²) in [5, 5.41) is 11.8. The van der Waals surface area contributed by atoms with Gasteiger partial charge >= 0.3 is 0 Å². The summed E-state index contributed by atoms with van der Waals surface area (Å²) in [7, 11) is 0. The first-order valence-corrected chi connectivity index (χ1v) is 5.17. The van der Waals surface area contributed by atoms with E-state index in [2.05, 4.69) is 16.3 Å². The minimum atomic E-state index is -0.0736. The number of likely N-dealkylation sites (tertiary alicyclic amines) is 1.